The molecule has 1 aliphatic rings. The molecule has 7 heteroatoms. The lowest BCUT2D eigenvalue weighted by atomic mass is 10.1. The minimum Gasteiger partial charge on any atom is -0.375 e. The number of fused-ring (bicyclic) bond motifs is 1. The molecule has 128 valence electrons. The number of methoxy groups -OCH3 is 1. The van der Waals surface area contributed by atoms with Crippen molar-refractivity contribution in [1.29, 1.82) is 0 Å². The third kappa shape index (κ3) is 3.10. The van der Waals surface area contributed by atoms with Crippen molar-refractivity contribution >= 4 is 22.6 Å². The summed E-state index contributed by atoms with van der Waals surface area (Å²) in [5, 5.41) is 8.01. The number of carbonyl (C=O) groups excluding carboxylic acids is 1. The minimum absolute atomic E-state index is 0.0263. The van der Waals surface area contributed by atoms with Crippen LogP contribution in [0.5, 0.6) is 0 Å². The topological polar surface area (TPSA) is 81.9 Å². The Labute approximate surface area is 145 Å². The summed E-state index contributed by atoms with van der Waals surface area (Å²) in [7, 11) is 1.73. The fourth-order valence-electron chi connectivity index (χ4n) is 3.02. The van der Waals surface area contributed by atoms with Crippen molar-refractivity contribution in [2.24, 2.45) is 5.92 Å². The molecule has 1 aliphatic carbocycles. The summed E-state index contributed by atoms with van der Waals surface area (Å²) in [6.45, 7) is 1.46. The summed E-state index contributed by atoms with van der Waals surface area (Å²) in [4.78, 5) is 20.2. The summed E-state index contributed by atoms with van der Waals surface area (Å²) < 4.78 is 7.39. The van der Waals surface area contributed by atoms with E-state index in [-0.39, 0.29) is 12.0 Å². The van der Waals surface area contributed by atoms with Crippen LogP contribution in [0.15, 0.2) is 36.7 Å². The number of rotatable bonds is 5. The number of aromatic nitrogens is 4. The van der Waals surface area contributed by atoms with E-state index in [4.69, 9.17) is 9.72 Å². The molecule has 1 atom stereocenters. The predicted octanol–water partition coefficient (Wildman–Crippen LogP) is 2.87. The molecule has 0 bridgehead atoms. The lowest BCUT2D eigenvalue weighted by molar-refractivity contribution is -0.114. The molecule has 0 aliphatic heterocycles. The van der Waals surface area contributed by atoms with E-state index >= 15 is 0 Å². The smallest absolute Gasteiger partial charge is 0.222 e. The van der Waals surface area contributed by atoms with Gasteiger partial charge in [0.2, 0.25) is 5.91 Å². The van der Waals surface area contributed by atoms with Crippen molar-refractivity contribution in [3.63, 3.8) is 0 Å². The van der Waals surface area contributed by atoms with Crippen molar-refractivity contribution in [3.8, 4) is 5.82 Å². The van der Waals surface area contributed by atoms with Gasteiger partial charge in [0.15, 0.2) is 5.82 Å². The SMILES string of the molecule is COC(c1cccc(-n2ncc3cnc(NC(C)=O)cc32)n1)C1CC1. The Hall–Kier alpha value is -2.80. The van der Waals surface area contributed by atoms with E-state index in [0.29, 0.717) is 11.7 Å². The lowest BCUT2D eigenvalue weighted by Gasteiger charge is -2.15. The van der Waals surface area contributed by atoms with Crippen LogP contribution in [-0.4, -0.2) is 32.8 Å². The molecular weight excluding hydrogens is 318 g/mol. The van der Waals surface area contributed by atoms with Crippen LogP contribution in [0.4, 0.5) is 5.82 Å². The highest BCUT2D eigenvalue weighted by atomic mass is 16.5. The van der Waals surface area contributed by atoms with Crippen LogP contribution in [0.25, 0.3) is 16.7 Å². The first-order valence-electron chi connectivity index (χ1n) is 8.27. The van der Waals surface area contributed by atoms with Crippen LogP contribution in [0, 0.1) is 5.92 Å². The molecule has 1 N–H and O–H groups in total. The van der Waals surface area contributed by atoms with E-state index in [0.717, 1.165) is 22.4 Å². The quantitative estimate of drug-likeness (QED) is 0.774. The largest absolute Gasteiger partial charge is 0.375 e. The lowest BCUT2D eigenvalue weighted by Crippen LogP contribution is -2.09. The Morgan fingerprint density at radius 3 is 2.92 bits per heavy atom. The molecule has 3 aromatic heterocycles. The van der Waals surface area contributed by atoms with Gasteiger partial charge in [-0.25, -0.2) is 14.6 Å². The van der Waals surface area contributed by atoms with Gasteiger partial charge in [-0.05, 0) is 30.9 Å². The van der Waals surface area contributed by atoms with Gasteiger partial charge in [-0.1, -0.05) is 6.07 Å². The zero-order valence-electron chi connectivity index (χ0n) is 14.1. The van der Waals surface area contributed by atoms with E-state index in [1.807, 2.05) is 18.2 Å². The van der Waals surface area contributed by atoms with Crippen LogP contribution in [0.3, 0.4) is 0 Å². The second kappa shape index (κ2) is 6.25. The molecule has 25 heavy (non-hydrogen) atoms. The maximum Gasteiger partial charge on any atom is 0.222 e. The number of anilines is 1. The Morgan fingerprint density at radius 1 is 1.36 bits per heavy atom. The van der Waals surface area contributed by atoms with Gasteiger partial charge in [0, 0.05) is 31.7 Å². The molecular formula is C18H19N5O2. The molecule has 1 unspecified atom stereocenters. The van der Waals surface area contributed by atoms with Gasteiger partial charge in [0.05, 0.1) is 17.4 Å². The van der Waals surface area contributed by atoms with Gasteiger partial charge < -0.3 is 10.1 Å². The maximum atomic E-state index is 11.3. The molecule has 0 aromatic carbocycles. The number of carbonyl (C=O) groups is 1. The Kier molecular flexibility index (Phi) is 3.93. The van der Waals surface area contributed by atoms with E-state index < -0.39 is 0 Å². The standard InChI is InChI=1S/C18H19N5O2/c1-11(24)21-16-8-15-13(9-19-16)10-20-23(15)17-5-3-4-14(22-17)18(25-2)12-6-7-12/h3-5,8-10,12,18H,6-7H2,1-2H3,(H,19,21,24). The van der Waals surface area contributed by atoms with Gasteiger partial charge in [0.1, 0.15) is 11.9 Å². The summed E-state index contributed by atoms with van der Waals surface area (Å²) in [6.07, 6.45) is 5.82. The third-order valence-electron chi connectivity index (χ3n) is 4.33. The maximum absolute atomic E-state index is 11.3. The molecule has 4 rings (SSSR count). The van der Waals surface area contributed by atoms with Gasteiger partial charge >= 0.3 is 0 Å². The monoisotopic (exact) mass is 337 g/mol. The number of pyridine rings is 2. The summed E-state index contributed by atoms with van der Waals surface area (Å²) >= 11 is 0. The molecule has 7 nitrogen and oxygen atoms in total. The first-order valence-corrected chi connectivity index (χ1v) is 8.27. The predicted molar refractivity (Wildman–Crippen MR) is 93.4 cm³/mol. The highest BCUT2D eigenvalue weighted by molar-refractivity contribution is 5.90. The summed E-state index contributed by atoms with van der Waals surface area (Å²) in [5.41, 5.74) is 1.76. The molecule has 1 amide bonds. The third-order valence-corrected chi connectivity index (χ3v) is 4.33. The van der Waals surface area contributed by atoms with E-state index in [2.05, 4.69) is 15.4 Å². The van der Waals surface area contributed by atoms with Crippen LogP contribution in [0.1, 0.15) is 31.6 Å². The van der Waals surface area contributed by atoms with Gasteiger partial charge in [-0.2, -0.15) is 5.10 Å². The van der Waals surface area contributed by atoms with Crippen LogP contribution >= 0.6 is 0 Å². The van der Waals surface area contributed by atoms with Gasteiger partial charge in [0.25, 0.3) is 0 Å². The van der Waals surface area contributed by atoms with E-state index in [1.54, 1.807) is 30.3 Å². The highest BCUT2D eigenvalue weighted by Gasteiger charge is 2.33. The molecule has 3 heterocycles. The van der Waals surface area contributed by atoms with Crippen LogP contribution in [0.2, 0.25) is 0 Å². The fraction of sp³-hybridized carbons (Fsp3) is 0.333. The molecule has 1 saturated carbocycles. The average molecular weight is 337 g/mol. The second-order valence-electron chi connectivity index (χ2n) is 6.28. The number of amides is 1. The summed E-state index contributed by atoms with van der Waals surface area (Å²) in [5.74, 6) is 1.60. The van der Waals surface area contributed by atoms with Crippen molar-refractivity contribution in [1.82, 2.24) is 19.7 Å². The number of nitrogens with zero attached hydrogens (tertiary/aromatic N) is 4. The molecule has 3 aromatic rings. The van der Waals surface area contributed by atoms with Crippen molar-refractivity contribution in [2.45, 2.75) is 25.9 Å². The first kappa shape index (κ1) is 15.7. The van der Waals surface area contributed by atoms with Crippen molar-refractivity contribution in [3.05, 3.63) is 42.4 Å². The molecule has 0 spiro atoms. The zero-order chi connectivity index (χ0) is 17.4. The first-order chi connectivity index (χ1) is 12.2. The average Bonchev–Trinajstić information content (AvgIpc) is 3.34. The van der Waals surface area contributed by atoms with Gasteiger partial charge in [-0.3, -0.25) is 4.79 Å². The molecule has 0 radical (unpaired) electrons. The number of nitrogens with one attached hydrogen (secondary N) is 1. The Bertz CT molecular complexity index is 932. The van der Waals surface area contributed by atoms with Gasteiger partial charge in [-0.15, -0.1) is 0 Å². The van der Waals surface area contributed by atoms with Crippen LogP contribution in [-0.2, 0) is 9.53 Å². The van der Waals surface area contributed by atoms with Crippen LogP contribution < -0.4 is 5.32 Å². The van der Waals surface area contributed by atoms with E-state index in [9.17, 15) is 4.79 Å². The number of hydrogen-bond acceptors (Lipinski definition) is 5. The highest BCUT2D eigenvalue weighted by Crippen LogP contribution is 2.42. The molecule has 1 fully saturated rings. The van der Waals surface area contributed by atoms with Crippen molar-refractivity contribution < 1.29 is 9.53 Å². The normalized spacial score (nSPS) is 15.3. The number of hydrogen-bond donors (Lipinski definition) is 1. The number of ether oxygens (including phenoxy) is 1. The van der Waals surface area contributed by atoms with E-state index in [1.165, 1.54) is 19.8 Å². The Balaban J connectivity index is 1.75. The zero-order valence-corrected chi connectivity index (χ0v) is 14.1. The summed E-state index contributed by atoms with van der Waals surface area (Å²) in [6, 6.07) is 7.67. The minimum atomic E-state index is -0.162. The fourth-order valence-corrected chi connectivity index (χ4v) is 3.02. The Morgan fingerprint density at radius 2 is 2.20 bits per heavy atom. The second-order valence-corrected chi connectivity index (χ2v) is 6.28. The molecule has 0 saturated heterocycles. The van der Waals surface area contributed by atoms with Crippen molar-refractivity contribution in [2.75, 3.05) is 12.4 Å².